The van der Waals surface area contributed by atoms with Gasteiger partial charge < -0.3 is 16.4 Å². The van der Waals surface area contributed by atoms with Crippen LogP contribution in [0.15, 0.2) is 24.3 Å². The van der Waals surface area contributed by atoms with E-state index in [2.05, 4.69) is 10.6 Å². The third kappa shape index (κ3) is 3.95. The fraction of sp³-hybridized carbons (Fsp3) is 0.467. The molecule has 3 amide bonds. The second kappa shape index (κ2) is 6.58. The zero-order valence-electron chi connectivity index (χ0n) is 12.4. The smallest absolute Gasteiger partial charge is 0.321 e. The van der Waals surface area contributed by atoms with Gasteiger partial charge in [0.15, 0.2) is 0 Å². The topological polar surface area (TPSA) is 87.5 Å². The lowest BCUT2D eigenvalue weighted by Gasteiger charge is -2.17. The first-order valence-corrected chi connectivity index (χ1v) is 7.18. The second-order valence-electron chi connectivity index (χ2n) is 5.59. The fourth-order valence-electron chi connectivity index (χ4n) is 2.13. The molecule has 0 spiro atoms. The van der Waals surface area contributed by atoms with E-state index in [1.54, 1.807) is 17.0 Å². The van der Waals surface area contributed by atoms with E-state index in [1.165, 1.54) is 0 Å². The third-order valence-electron chi connectivity index (χ3n) is 3.58. The minimum absolute atomic E-state index is 0.111. The van der Waals surface area contributed by atoms with Crippen LogP contribution in [-0.4, -0.2) is 31.1 Å². The van der Waals surface area contributed by atoms with Gasteiger partial charge in [-0.1, -0.05) is 19.9 Å². The van der Waals surface area contributed by atoms with Crippen molar-refractivity contribution in [2.75, 3.05) is 23.3 Å². The summed E-state index contributed by atoms with van der Waals surface area (Å²) in [4.78, 5) is 25.2. The minimum atomic E-state index is -0.155. The number of benzene rings is 1. The normalized spacial score (nSPS) is 16.0. The van der Waals surface area contributed by atoms with Gasteiger partial charge in [-0.3, -0.25) is 9.69 Å². The van der Waals surface area contributed by atoms with E-state index in [4.69, 9.17) is 5.73 Å². The van der Waals surface area contributed by atoms with Crippen LogP contribution < -0.4 is 21.3 Å². The van der Waals surface area contributed by atoms with Gasteiger partial charge in [-0.05, 0) is 24.1 Å². The number of nitrogens with one attached hydrogen (secondary N) is 2. The SMILES string of the molecule is CC(C)C(N)CC(=O)Nc1cccc(N2CCNC2=O)c1. The Kier molecular flexibility index (Phi) is 4.80. The number of carbonyl (C=O) groups is 2. The number of carbonyl (C=O) groups excluding carboxylic acids is 2. The quantitative estimate of drug-likeness (QED) is 0.768. The molecule has 0 aliphatic carbocycles. The molecule has 1 fully saturated rings. The number of anilines is 2. The van der Waals surface area contributed by atoms with E-state index < -0.39 is 0 Å². The summed E-state index contributed by atoms with van der Waals surface area (Å²) >= 11 is 0. The van der Waals surface area contributed by atoms with Crippen molar-refractivity contribution in [3.8, 4) is 0 Å². The summed E-state index contributed by atoms with van der Waals surface area (Å²) < 4.78 is 0. The first kappa shape index (κ1) is 15.3. The Morgan fingerprint density at radius 3 is 2.86 bits per heavy atom. The zero-order chi connectivity index (χ0) is 15.4. The molecule has 1 aromatic rings. The fourth-order valence-corrected chi connectivity index (χ4v) is 2.13. The van der Waals surface area contributed by atoms with Gasteiger partial charge in [0.2, 0.25) is 5.91 Å². The summed E-state index contributed by atoms with van der Waals surface area (Å²) in [7, 11) is 0. The third-order valence-corrected chi connectivity index (χ3v) is 3.58. The Morgan fingerprint density at radius 1 is 1.48 bits per heavy atom. The monoisotopic (exact) mass is 290 g/mol. The molecule has 1 saturated heterocycles. The predicted octanol–water partition coefficient (Wildman–Crippen LogP) is 1.53. The van der Waals surface area contributed by atoms with Crippen molar-refractivity contribution in [3.63, 3.8) is 0 Å². The molecule has 1 aromatic carbocycles. The van der Waals surface area contributed by atoms with Gasteiger partial charge in [0.05, 0.1) is 0 Å². The average Bonchev–Trinajstić information content (AvgIpc) is 2.85. The molecule has 1 aliphatic rings. The highest BCUT2D eigenvalue weighted by Gasteiger charge is 2.21. The molecular weight excluding hydrogens is 268 g/mol. The van der Waals surface area contributed by atoms with Crippen LogP contribution in [0.4, 0.5) is 16.2 Å². The maximum absolute atomic E-state index is 11.9. The van der Waals surface area contributed by atoms with Crippen LogP contribution >= 0.6 is 0 Å². The number of hydrogen-bond acceptors (Lipinski definition) is 3. The number of hydrogen-bond donors (Lipinski definition) is 3. The molecule has 1 aliphatic heterocycles. The minimum Gasteiger partial charge on any atom is -0.336 e. The Bertz CT molecular complexity index is 530. The van der Waals surface area contributed by atoms with E-state index in [1.807, 2.05) is 26.0 Å². The van der Waals surface area contributed by atoms with Crippen LogP contribution in [0.2, 0.25) is 0 Å². The van der Waals surface area contributed by atoms with Crippen molar-refractivity contribution in [2.45, 2.75) is 26.3 Å². The molecule has 21 heavy (non-hydrogen) atoms. The molecule has 4 N–H and O–H groups in total. The summed E-state index contributed by atoms with van der Waals surface area (Å²) in [5.74, 6) is 0.148. The van der Waals surface area contributed by atoms with Crippen molar-refractivity contribution < 1.29 is 9.59 Å². The molecule has 0 aromatic heterocycles. The van der Waals surface area contributed by atoms with E-state index in [9.17, 15) is 9.59 Å². The van der Waals surface area contributed by atoms with E-state index in [-0.39, 0.29) is 30.3 Å². The van der Waals surface area contributed by atoms with E-state index >= 15 is 0 Å². The molecule has 2 rings (SSSR count). The van der Waals surface area contributed by atoms with Gasteiger partial charge in [0.1, 0.15) is 0 Å². The van der Waals surface area contributed by atoms with Crippen LogP contribution in [0, 0.1) is 5.92 Å². The molecule has 1 unspecified atom stereocenters. The van der Waals surface area contributed by atoms with Gasteiger partial charge >= 0.3 is 6.03 Å². The van der Waals surface area contributed by atoms with E-state index in [0.29, 0.717) is 18.8 Å². The lowest BCUT2D eigenvalue weighted by molar-refractivity contribution is -0.116. The Hall–Kier alpha value is -2.08. The molecule has 6 heteroatoms. The van der Waals surface area contributed by atoms with Crippen LogP contribution in [0.1, 0.15) is 20.3 Å². The predicted molar refractivity (Wildman–Crippen MR) is 83.2 cm³/mol. The Morgan fingerprint density at radius 2 is 2.24 bits per heavy atom. The highest BCUT2D eigenvalue weighted by atomic mass is 16.2. The standard InChI is InChI=1S/C15H22N4O2/c1-10(2)13(16)9-14(20)18-11-4-3-5-12(8-11)19-7-6-17-15(19)21/h3-5,8,10,13H,6-7,9,16H2,1-2H3,(H,17,21)(H,18,20). The number of amides is 3. The number of nitrogens with two attached hydrogens (primary N) is 1. The van der Waals surface area contributed by atoms with Crippen LogP contribution in [-0.2, 0) is 4.79 Å². The summed E-state index contributed by atoms with van der Waals surface area (Å²) in [6.07, 6.45) is 0.284. The number of nitrogens with zero attached hydrogens (tertiary/aromatic N) is 1. The number of urea groups is 1. The summed E-state index contributed by atoms with van der Waals surface area (Å²) in [5.41, 5.74) is 7.34. The lowest BCUT2D eigenvalue weighted by Crippen LogP contribution is -2.31. The molecule has 0 bridgehead atoms. The molecule has 114 valence electrons. The van der Waals surface area contributed by atoms with E-state index in [0.717, 1.165) is 5.69 Å². The molecule has 1 heterocycles. The molecule has 6 nitrogen and oxygen atoms in total. The summed E-state index contributed by atoms with van der Waals surface area (Å²) in [6, 6.07) is 7.00. The summed E-state index contributed by atoms with van der Waals surface area (Å²) in [5, 5.41) is 5.58. The summed E-state index contributed by atoms with van der Waals surface area (Å²) in [6.45, 7) is 5.25. The Balaban J connectivity index is 2.01. The van der Waals surface area contributed by atoms with Crippen LogP contribution in [0.5, 0.6) is 0 Å². The maximum atomic E-state index is 11.9. The van der Waals surface area contributed by atoms with Gasteiger partial charge in [-0.15, -0.1) is 0 Å². The highest BCUT2D eigenvalue weighted by Crippen LogP contribution is 2.21. The molecular formula is C15H22N4O2. The zero-order valence-corrected chi connectivity index (χ0v) is 12.4. The van der Waals surface area contributed by atoms with Crippen molar-refractivity contribution in [1.82, 2.24) is 5.32 Å². The maximum Gasteiger partial charge on any atom is 0.321 e. The van der Waals surface area contributed by atoms with Crippen molar-refractivity contribution >= 4 is 23.3 Å². The van der Waals surface area contributed by atoms with Gasteiger partial charge in [-0.25, -0.2) is 4.79 Å². The van der Waals surface area contributed by atoms with Gasteiger partial charge in [-0.2, -0.15) is 0 Å². The van der Waals surface area contributed by atoms with Crippen molar-refractivity contribution in [3.05, 3.63) is 24.3 Å². The van der Waals surface area contributed by atoms with Crippen molar-refractivity contribution in [1.29, 1.82) is 0 Å². The molecule has 0 radical (unpaired) electrons. The van der Waals surface area contributed by atoms with Crippen LogP contribution in [0.3, 0.4) is 0 Å². The van der Waals surface area contributed by atoms with Crippen molar-refractivity contribution in [2.24, 2.45) is 11.7 Å². The lowest BCUT2D eigenvalue weighted by atomic mass is 10.0. The molecule has 0 saturated carbocycles. The first-order valence-electron chi connectivity index (χ1n) is 7.18. The highest BCUT2D eigenvalue weighted by molar-refractivity contribution is 5.96. The second-order valence-corrected chi connectivity index (χ2v) is 5.59. The van der Waals surface area contributed by atoms with Crippen LogP contribution in [0.25, 0.3) is 0 Å². The van der Waals surface area contributed by atoms with Gasteiger partial charge in [0, 0.05) is 36.9 Å². The first-order chi connectivity index (χ1) is 9.97. The Labute approximate surface area is 124 Å². The van der Waals surface area contributed by atoms with Gasteiger partial charge in [0.25, 0.3) is 0 Å². The molecule has 1 atom stereocenters. The average molecular weight is 290 g/mol. The largest absolute Gasteiger partial charge is 0.336 e. The number of rotatable bonds is 5.